The average molecular weight is 302 g/mol. The largest absolute Gasteiger partial charge is 0.299 e. The van der Waals surface area contributed by atoms with Crippen LogP contribution < -0.4 is 5.32 Å². The Bertz CT molecular complexity index is 489. The van der Waals surface area contributed by atoms with Crippen LogP contribution in [-0.4, -0.2) is 17.3 Å². The predicted octanol–water partition coefficient (Wildman–Crippen LogP) is 4.72. The van der Waals surface area contributed by atoms with Gasteiger partial charge >= 0.3 is 0 Å². The lowest BCUT2D eigenvalue weighted by Crippen LogP contribution is -2.42. The van der Waals surface area contributed by atoms with Crippen molar-refractivity contribution in [3.63, 3.8) is 0 Å². The predicted molar refractivity (Wildman–Crippen MR) is 90.7 cm³/mol. The van der Waals surface area contributed by atoms with Gasteiger partial charge < -0.3 is 0 Å². The zero-order valence-electron chi connectivity index (χ0n) is 13.4. The SMILES string of the molecule is CCCNC1(C#N)CCC(Sc2ccc(C(C)C)cc2)C1. The molecule has 0 saturated heterocycles. The Kier molecular flexibility index (Phi) is 5.72. The second kappa shape index (κ2) is 7.33. The number of thioether (sulfide) groups is 1. The van der Waals surface area contributed by atoms with Crippen molar-refractivity contribution in [1.29, 1.82) is 5.26 Å². The summed E-state index contributed by atoms with van der Waals surface area (Å²) in [5, 5.41) is 13.5. The van der Waals surface area contributed by atoms with Crippen molar-refractivity contribution in [3.05, 3.63) is 29.8 Å². The molecule has 1 aromatic carbocycles. The zero-order chi connectivity index (χ0) is 15.3. The molecule has 0 aliphatic heterocycles. The minimum atomic E-state index is -0.286. The van der Waals surface area contributed by atoms with Gasteiger partial charge in [0.15, 0.2) is 0 Å². The first kappa shape index (κ1) is 16.4. The van der Waals surface area contributed by atoms with E-state index in [9.17, 15) is 5.26 Å². The van der Waals surface area contributed by atoms with Crippen molar-refractivity contribution in [2.75, 3.05) is 6.54 Å². The summed E-state index contributed by atoms with van der Waals surface area (Å²) in [5.74, 6) is 0.583. The first-order valence-corrected chi connectivity index (χ1v) is 8.89. The van der Waals surface area contributed by atoms with Gasteiger partial charge in [-0.25, -0.2) is 0 Å². The highest BCUT2D eigenvalue weighted by Crippen LogP contribution is 2.40. The number of nitriles is 1. The molecule has 2 atom stereocenters. The monoisotopic (exact) mass is 302 g/mol. The summed E-state index contributed by atoms with van der Waals surface area (Å²) in [6.07, 6.45) is 4.14. The second-order valence-corrected chi connectivity index (χ2v) is 7.70. The highest BCUT2D eigenvalue weighted by molar-refractivity contribution is 8.00. The first-order chi connectivity index (χ1) is 10.1. The molecule has 1 aliphatic carbocycles. The van der Waals surface area contributed by atoms with E-state index in [-0.39, 0.29) is 5.54 Å². The van der Waals surface area contributed by atoms with Crippen molar-refractivity contribution < 1.29 is 0 Å². The van der Waals surface area contributed by atoms with E-state index >= 15 is 0 Å². The Labute approximate surface area is 133 Å². The molecule has 0 spiro atoms. The van der Waals surface area contributed by atoms with Crippen LogP contribution in [0.5, 0.6) is 0 Å². The molecule has 0 amide bonds. The molecule has 1 aromatic rings. The molecule has 0 bridgehead atoms. The molecule has 1 saturated carbocycles. The Morgan fingerprint density at radius 1 is 1.38 bits per heavy atom. The zero-order valence-corrected chi connectivity index (χ0v) is 14.2. The summed E-state index contributed by atoms with van der Waals surface area (Å²) >= 11 is 1.93. The maximum Gasteiger partial charge on any atom is 0.107 e. The van der Waals surface area contributed by atoms with E-state index in [0.717, 1.165) is 32.2 Å². The summed E-state index contributed by atoms with van der Waals surface area (Å²) in [6, 6.07) is 11.4. The van der Waals surface area contributed by atoms with E-state index in [0.29, 0.717) is 11.2 Å². The van der Waals surface area contributed by atoms with Crippen LogP contribution in [0.4, 0.5) is 0 Å². The van der Waals surface area contributed by atoms with Crippen molar-refractivity contribution in [3.8, 4) is 6.07 Å². The molecule has 114 valence electrons. The molecule has 21 heavy (non-hydrogen) atoms. The normalized spacial score (nSPS) is 25.2. The Morgan fingerprint density at radius 3 is 2.67 bits per heavy atom. The summed E-state index contributed by atoms with van der Waals surface area (Å²) in [7, 11) is 0. The highest BCUT2D eigenvalue weighted by Gasteiger charge is 2.39. The molecule has 1 aliphatic rings. The Hall–Kier alpha value is -0.980. The lowest BCUT2D eigenvalue weighted by Gasteiger charge is -2.22. The van der Waals surface area contributed by atoms with Crippen molar-refractivity contribution in [2.24, 2.45) is 0 Å². The minimum Gasteiger partial charge on any atom is -0.299 e. The van der Waals surface area contributed by atoms with Gasteiger partial charge in [0.25, 0.3) is 0 Å². The third-order valence-corrected chi connectivity index (χ3v) is 5.53. The molecule has 1 fully saturated rings. The molecule has 0 aromatic heterocycles. The van der Waals surface area contributed by atoms with Gasteiger partial charge in [-0.15, -0.1) is 11.8 Å². The van der Waals surface area contributed by atoms with E-state index < -0.39 is 0 Å². The van der Waals surface area contributed by atoms with Crippen LogP contribution >= 0.6 is 11.8 Å². The van der Waals surface area contributed by atoms with Crippen molar-refractivity contribution >= 4 is 11.8 Å². The minimum absolute atomic E-state index is 0.286. The van der Waals surface area contributed by atoms with Crippen LogP contribution in [-0.2, 0) is 0 Å². The van der Waals surface area contributed by atoms with Gasteiger partial charge in [0.05, 0.1) is 6.07 Å². The van der Waals surface area contributed by atoms with Gasteiger partial charge in [-0.1, -0.05) is 32.9 Å². The van der Waals surface area contributed by atoms with Crippen LogP contribution in [0.2, 0.25) is 0 Å². The average Bonchev–Trinajstić information content (AvgIpc) is 2.89. The number of nitrogens with zero attached hydrogens (tertiary/aromatic N) is 1. The van der Waals surface area contributed by atoms with Gasteiger partial charge in [0, 0.05) is 10.1 Å². The van der Waals surface area contributed by atoms with Crippen LogP contribution in [0.1, 0.15) is 57.9 Å². The molecule has 2 unspecified atom stereocenters. The summed E-state index contributed by atoms with van der Waals surface area (Å²) in [5.41, 5.74) is 1.10. The maximum atomic E-state index is 9.50. The lowest BCUT2D eigenvalue weighted by molar-refractivity contribution is 0.424. The Morgan fingerprint density at radius 2 is 2.10 bits per heavy atom. The van der Waals surface area contributed by atoms with Crippen molar-refractivity contribution in [1.82, 2.24) is 5.32 Å². The first-order valence-electron chi connectivity index (χ1n) is 8.01. The third kappa shape index (κ3) is 4.25. The summed E-state index contributed by atoms with van der Waals surface area (Å²) in [6.45, 7) is 7.53. The number of benzene rings is 1. The standard InChI is InChI=1S/C18H26N2S/c1-4-11-20-18(13-19)10-9-17(12-18)21-16-7-5-15(6-8-16)14(2)3/h5-8,14,17,20H,4,9-12H2,1-3H3. The molecule has 0 heterocycles. The smallest absolute Gasteiger partial charge is 0.107 e. The van der Waals surface area contributed by atoms with Gasteiger partial charge in [-0.2, -0.15) is 5.26 Å². The lowest BCUT2D eigenvalue weighted by atomic mass is 10.00. The van der Waals surface area contributed by atoms with Crippen LogP contribution in [0.3, 0.4) is 0 Å². The molecule has 1 N–H and O–H groups in total. The van der Waals surface area contributed by atoms with Gasteiger partial charge in [0.2, 0.25) is 0 Å². The molecular formula is C18H26N2S. The maximum absolute atomic E-state index is 9.50. The number of hydrogen-bond donors (Lipinski definition) is 1. The van der Waals surface area contributed by atoms with Gasteiger partial charge in [-0.05, 0) is 55.8 Å². The fourth-order valence-electron chi connectivity index (χ4n) is 2.89. The van der Waals surface area contributed by atoms with Crippen LogP contribution in [0.15, 0.2) is 29.2 Å². The summed E-state index contributed by atoms with van der Waals surface area (Å²) < 4.78 is 0. The van der Waals surface area contributed by atoms with E-state index in [1.54, 1.807) is 0 Å². The van der Waals surface area contributed by atoms with E-state index in [1.165, 1.54) is 10.5 Å². The molecule has 3 heteroatoms. The van der Waals surface area contributed by atoms with E-state index in [1.807, 2.05) is 11.8 Å². The fraction of sp³-hybridized carbons (Fsp3) is 0.611. The highest BCUT2D eigenvalue weighted by atomic mass is 32.2. The van der Waals surface area contributed by atoms with Crippen molar-refractivity contribution in [2.45, 2.75) is 68.1 Å². The number of nitrogens with one attached hydrogen (secondary N) is 1. The van der Waals surface area contributed by atoms with Crippen LogP contribution in [0, 0.1) is 11.3 Å². The second-order valence-electron chi connectivity index (χ2n) is 6.33. The molecular weight excluding hydrogens is 276 g/mol. The third-order valence-electron chi connectivity index (χ3n) is 4.25. The van der Waals surface area contributed by atoms with Gasteiger partial charge in [-0.3, -0.25) is 5.32 Å². The topological polar surface area (TPSA) is 35.8 Å². The molecule has 2 rings (SSSR count). The van der Waals surface area contributed by atoms with E-state index in [2.05, 4.69) is 56.4 Å². The fourth-order valence-corrected chi connectivity index (χ4v) is 4.17. The Balaban J connectivity index is 1.94. The molecule has 2 nitrogen and oxygen atoms in total. The van der Waals surface area contributed by atoms with E-state index in [4.69, 9.17) is 0 Å². The number of hydrogen-bond acceptors (Lipinski definition) is 3. The molecule has 0 radical (unpaired) electrons. The number of rotatable bonds is 6. The quantitative estimate of drug-likeness (QED) is 0.826. The van der Waals surface area contributed by atoms with Crippen LogP contribution in [0.25, 0.3) is 0 Å². The van der Waals surface area contributed by atoms with Gasteiger partial charge in [0.1, 0.15) is 5.54 Å². The summed E-state index contributed by atoms with van der Waals surface area (Å²) in [4.78, 5) is 1.33.